The van der Waals surface area contributed by atoms with Crippen LogP contribution in [0.2, 0.25) is 0 Å². The highest BCUT2D eigenvalue weighted by atomic mass is 31.2. The molecule has 2 atom stereocenters. The van der Waals surface area contributed by atoms with Gasteiger partial charge in [0.25, 0.3) is 7.82 Å². The van der Waals surface area contributed by atoms with Gasteiger partial charge in [0, 0.05) is 12.8 Å². The van der Waals surface area contributed by atoms with E-state index in [1.165, 1.54) is 44.9 Å². The van der Waals surface area contributed by atoms with Crippen LogP contribution in [0.15, 0.2) is 134 Å². The first kappa shape index (κ1) is 69.2. The second kappa shape index (κ2) is 53.0. The minimum Gasteiger partial charge on any atom is -0.756 e. The molecule has 0 N–H and O–H groups in total. The van der Waals surface area contributed by atoms with Gasteiger partial charge in [-0.1, -0.05) is 225 Å². The van der Waals surface area contributed by atoms with E-state index >= 15 is 0 Å². The molecular weight excluding hydrogens is 930 g/mol. The van der Waals surface area contributed by atoms with Gasteiger partial charge in [0.15, 0.2) is 6.10 Å². The van der Waals surface area contributed by atoms with Crippen LogP contribution < -0.4 is 4.89 Å². The van der Waals surface area contributed by atoms with E-state index < -0.39 is 32.5 Å². The van der Waals surface area contributed by atoms with E-state index in [-0.39, 0.29) is 26.1 Å². The molecule has 0 rings (SSSR count). The molecule has 0 aliphatic rings. The Morgan fingerprint density at radius 1 is 0.438 bits per heavy atom. The maximum Gasteiger partial charge on any atom is 0.306 e. The molecule has 0 amide bonds. The van der Waals surface area contributed by atoms with Gasteiger partial charge >= 0.3 is 11.9 Å². The summed E-state index contributed by atoms with van der Waals surface area (Å²) in [4.78, 5) is 37.5. The summed E-state index contributed by atoms with van der Waals surface area (Å²) in [5, 5.41) is 0. The molecule has 0 saturated heterocycles. The number of phosphoric ester groups is 1. The predicted octanol–water partition coefficient (Wildman–Crippen LogP) is 17.1. The number of quaternary nitrogens is 1. The summed E-state index contributed by atoms with van der Waals surface area (Å²) in [6.07, 6.45) is 76.7. The molecule has 0 heterocycles. The SMILES string of the molecule is CC/C=C\C/C=C\C/C=C\C/C=C\C/C=C\C/C=C\C/C=C\C/C=C\C/C=C\C/C=C\C/C=C\CCCCCCCCCC(=O)OC(COC(=O)CCCCCCCCCC)COP(=O)([O-])OCC[N+](C)(C)C. The molecule has 0 aromatic heterocycles. The second-order valence-corrected chi connectivity index (χ2v) is 21.0. The van der Waals surface area contributed by atoms with Gasteiger partial charge < -0.3 is 27.9 Å². The van der Waals surface area contributed by atoms with E-state index in [2.05, 4.69) is 148 Å². The smallest absolute Gasteiger partial charge is 0.306 e. The van der Waals surface area contributed by atoms with Crippen LogP contribution in [-0.2, 0) is 32.7 Å². The van der Waals surface area contributed by atoms with Crippen LogP contribution in [0.4, 0.5) is 0 Å². The van der Waals surface area contributed by atoms with E-state index in [0.29, 0.717) is 17.4 Å². The van der Waals surface area contributed by atoms with Gasteiger partial charge in [-0.3, -0.25) is 14.2 Å². The minimum absolute atomic E-state index is 0.0386. The zero-order chi connectivity index (χ0) is 53.5. The van der Waals surface area contributed by atoms with Crippen LogP contribution in [-0.4, -0.2) is 70.0 Å². The first-order valence-electron chi connectivity index (χ1n) is 28.4. The minimum atomic E-state index is -4.63. The summed E-state index contributed by atoms with van der Waals surface area (Å²) >= 11 is 0. The van der Waals surface area contributed by atoms with Crippen molar-refractivity contribution in [3.8, 4) is 0 Å². The Labute approximate surface area is 447 Å². The Hall–Kier alpha value is -3.85. The summed E-state index contributed by atoms with van der Waals surface area (Å²) < 4.78 is 33.9. The Morgan fingerprint density at radius 2 is 0.781 bits per heavy atom. The highest BCUT2D eigenvalue weighted by Gasteiger charge is 2.21. The van der Waals surface area contributed by atoms with Crippen molar-refractivity contribution in [2.75, 3.05) is 47.5 Å². The Balaban J connectivity index is 4.06. The molecule has 9 nitrogen and oxygen atoms in total. The molecule has 73 heavy (non-hydrogen) atoms. The lowest BCUT2D eigenvalue weighted by molar-refractivity contribution is -0.870. The number of allylic oxidation sites excluding steroid dienone is 22. The van der Waals surface area contributed by atoms with Crippen LogP contribution in [0.3, 0.4) is 0 Å². The number of esters is 2. The molecular formula is C63H104NO8P. The monoisotopic (exact) mass is 1030 g/mol. The lowest BCUT2D eigenvalue weighted by Gasteiger charge is -2.28. The molecule has 0 radical (unpaired) electrons. The number of rotatable bonds is 50. The van der Waals surface area contributed by atoms with Crippen molar-refractivity contribution < 1.29 is 42.1 Å². The number of phosphoric acid groups is 1. The maximum atomic E-state index is 12.7. The summed E-state index contributed by atoms with van der Waals surface area (Å²) in [5.74, 6) is -0.860. The third-order valence-corrected chi connectivity index (χ3v) is 12.4. The van der Waals surface area contributed by atoms with Crippen LogP contribution in [0.1, 0.15) is 200 Å². The molecule has 414 valence electrons. The van der Waals surface area contributed by atoms with Crippen molar-refractivity contribution in [3.63, 3.8) is 0 Å². The highest BCUT2D eigenvalue weighted by Crippen LogP contribution is 2.38. The van der Waals surface area contributed by atoms with Crippen molar-refractivity contribution in [2.45, 2.75) is 206 Å². The van der Waals surface area contributed by atoms with Crippen molar-refractivity contribution in [3.05, 3.63) is 134 Å². The van der Waals surface area contributed by atoms with Gasteiger partial charge in [0.2, 0.25) is 0 Å². The molecule has 0 spiro atoms. The van der Waals surface area contributed by atoms with Gasteiger partial charge in [0.1, 0.15) is 19.8 Å². The first-order chi connectivity index (χ1) is 35.5. The largest absolute Gasteiger partial charge is 0.756 e. The molecule has 0 aliphatic carbocycles. The van der Waals surface area contributed by atoms with E-state index in [0.717, 1.165) is 122 Å². The molecule has 0 fully saturated rings. The van der Waals surface area contributed by atoms with Gasteiger partial charge in [-0.2, -0.15) is 0 Å². The fourth-order valence-electron chi connectivity index (χ4n) is 7.07. The number of hydrogen-bond donors (Lipinski definition) is 0. The summed E-state index contributed by atoms with van der Waals surface area (Å²) in [6, 6.07) is 0. The number of ether oxygens (including phenoxy) is 2. The summed E-state index contributed by atoms with van der Waals surface area (Å²) in [7, 11) is 1.14. The van der Waals surface area contributed by atoms with E-state index in [1.807, 2.05) is 21.1 Å². The number of nitrogens with zero attached hydrogens (tertiary/aromatic N) is 1. The first-order valence-corrected chi connectivity index (χ1v) is 29.9. The van der Waals surface area contributed by atoms with Gasteiger partial charge in [-0.15, -0.1) is 0 Å². The predicted molar refractivity (Wildman–Crippen MR) is 309 cm³/mol. The number of likely N-dealkylation sites (N-methyl/N-ethyl adjacent to an activating group) is 1. The molecule has 0 bridgehead atoms. The average Bonchev–Trinajstić information content (AvgIpc) is 3.35. The molecule has 0 aliphatic heterocycles. The van der Waals surface area contributed by atoms with Crippen LogP contribution in [0, 0.1) is 0 Å². The lowest BCUT2D eigenvalue weighted by Crippen LogP contribution is -2.37. The second-order valence-electron chi connectivity index (χ2n) is 19.6. The Morgan fingerprint density at radius 3 is 1.16 bits per heavy atom. The van der Waals surface area contributed by atoms with Crippen LogP contribution in [0.5, 0.6) is 0 Å². The molecule has 10 heteroatoms. The topological polar surface area (TPSA) is 111 Å². The molecule has 2 unspecified atom stereocenters. The molecule has 0 saturated carbocycles. The van der Waals surface area contributed by atoms with Gasteiger partial charge in [-0.05, 0) is 96.3 Å². The van der Waals surface area contributed by atoms with Crippen molar-refractivity contribution in [1.82, 2.24) is 0 Å². The highest BCUT2D eigenvalue weighted by molar-refractivity contribution is 7.45. The van der Waals surface area contributed by atoms with Crippen LogP contribution >= 0.6 is 7.82 Å². The summed E-state index contributed by atoms with van der Waals surface area (Å²) in [6.45, 7) is 4.04. The zero-order valence-corrected chi connectivity index (χ0v) is 47.7. The summed E-state index contributed by atoms with van der Waals surface area (Å²) in [5.41, 5.74) is 0. The zero-order valence-electron chi connectivity index (χ0n) is 46.8. The van der Waals surface area contributed by atoms with E-state index in [4.69, 9.17) is 18.5 Å². The quantitative estimate of drug-likeness (QED) is 0.0195. The van der Waals surface area contributed by atoms with Crippen molar-refractivity contribution in [2.24, 2.45) is 0 Å². The van der Waals surface area contributed by atoms with E-state index in [9.17, 15) is 19.0 Å². The number of unbranched alkanes of at least 4 members (excludes halogenated alkanes) is 14. The van der Waals surface area contributed by atoms with Crippen molar-refractivity contribution in [1.29, 1.82) is 0 Å². The van der Waals surface area contributed by atoms with Crippen molar-refractivity contribution >= 4 is 19.8 Å². The Bertz CT molecular complexity index is 1690. The maximum absolute atomic E-state index is 12.7. The van der Waals surface area contributed by atoms with Crippen LogP contribution in [0.25, 0.3) is 0 Å². The van der Waals surface area contributed by atoms with E-state index in [1.54, 1.807) is 0 Å². The average molecular weight is 1030 g/mol. The molecule has 0 aromatic carbocycles. The normalized spacial score (nSPS) is 14.3. The third-order valence-electron chi connectivity index (χ3n) is 11.4. The van der Waals surface area contributed by atoms with Gasteiger partial charge in [0.05, 0.1) is 27.7 Å². The Kier molecular flexibility index (Phi) is 50.2. The lowest BCUT2D eigenvalue weighted by atomic mass is 10.1. The third kappa shape index (κ3) is 57.3. The van der Waals surface area contributed by atoms with Gasteiger partial charge in [-0.25, -0.2) is 0 Å². The fourth-order valence-corrected chi connectivity index (χ4v) is 7.80. The molecule has 0 aromatic rings. The number of carbonyl (C=O) groups excluding carboxylic acids is 2. The number of hydrogen-bond acceptors (Lipinski definition) is 8. The number of carbonyl (C=O) groups is 2. The standard InChI is InChI=1S/C63H104NO8P/c1-6-8-10-12-14-16-17-18-19-20-21-22-23-24-25-26-27-28-29-30-31-32-33-34-35-36-37-38-39-40-41-42-43-44-45-46-47-48-50-52-54-56-63(66)72-61(60-71-73(67,68)70-58-57-64(3,4)5)59-69-62(65)55-53-51-49-15-13-11-9-7-2/h8,10,14,16,18-19,21-22,24-25,27-28,30-31,33-34,36-37,39-40,42-43,61H,6-7,9,11-13,15,17,20,23,26,29,32,35,38,41,44-60H2,1-5H3/b10-8-,16-14-,19-18-,22-21-,25-24-,28-27-,31-30-,34-33-,37-36-,40-39-,43-42-. The fraction of sp³-hybridized carbons (Fsp3) is 0.619.